The van der Waals surface area contributed by atoms with Crippen molar-refractivity contribution in [3.8, 4) is 0 Å². The van der Waals surface area contributed by atoms with Gasteiger partial charge in [0.2, 0.25) is 0 Å². The number of piperidine rings is 1. The highest BCUT2D eigenvalue weighted by Crippen LogP contribution is 2.20. The molecule has 0 aliphatic carbocycles. The van der Waals surface area contributed by atoms with Crippen molar-refractivity contribution in [2.45, 2.75) is 40.2 Å². The summed E-state index contributed by atoms with van der Waals surface area (Å²) in [5.41, 5.74) is 3.95. The highest BCUT2D eigenvalue weighted by Gasteiger charge is 2.26. The molecule has 110 valence electrons. The first-order chi connectivity index (χ1) is 9.58. The zero-order valence-corrected chi connectivity index (χ0v) is 12.8. The fourth-order valence-electron chi connectivity index (χ4n) is 3.07. The normalized spacial score (nSPS) is 19.9. The number of carbonyl (C=O) groups excluding carboxylic acids is 1. The maximum atomic E-state index is 11.9. The van der Waals surface area contributed by atoms with Crippen LogP contribution >= 0.6 is 0 Å². The summed E-state index contributed by atoms with van der Waals surface area (Å²) in [6, 6.07) is 6.67. The lowest BCUT2D eigenvalue weighted by Crippen LogP contribution is -2.38. The van der Waals surface area contributed by atoms with Crippen LogP contribution < -0.4 is 0 Å². The molecule has 1 aromatic rings. The third kappa shape index (κ3) is 4.07. The Balaban J connectivity index is 1.97. The molecule has 0 saturated carbocycles. The Hall–Kier alpha value is -1.35. The van der Waals surface area contributed by atoms with Gasteiger partial charge in [-0.2, -0.15) is 0 Å². The molecule has 0 aromatic heterocycles. The molecule has 1 aromatic carbocycles. The standard InChI is InChI=1S/C17H25NO2/c1-4-20-17(19)16-6-5-7-18(12-16)11-15-9-13(2)8-14(3)10-15/h8-10,16H,4-7,11-12H2,1-3H3. The smallest absolute Gasteiger partial charge is 0.310 e. The third-order valence-electron chi connectivity index (χ3n) is 3.81. The second-order valence-corrected chi connectivity index (χ2v) is 5.82. The van der Waals surface area contributed by atoms with Crippen molar-refractivity contribution >= 4 is 5.97 Å². The number of hydrogen-bond acceptors (Lipinski definition) is 3. The van der Waals surface area contributed by atoms with Gasteiger partial charge in [0.05, 0.1) is 12.5 Å². The zero-order valence-electron chi connectivity index (χ0n) is 12.8. The number of aryl methyl sites for hydroxylation is 2. The van der Waals surface area contributed by atoms with Crippen LogP contribution in [0, 0.1) is 19.8 Å². The minimum absolute atomic E-state index is 0.0300. The number of carbonyl (C=O) groups is 1. The summed E-state index contributed by atoms with van der Waals surface area (Å²) >= 11 is 0. The quantitative estimate of drug-likeness (QED) is 0.791. The van der Waals surface area contributed by atoms with Gasteiger partial charge in [-0.1, -0.05) is 29.3 Å². The molecule has 1 heterocycles. The Morgan fingerprint density at radius 3 is 2.65 bits per heavy atom. The Morgan fingerprint density at radius 1 is 1.30 bits per heavy atom. The van der Waals surface area contributed by atoms with E-state index in [2.05, 4.69) is 36.9 Å². The van der Waals surface area contributed by atoms with Crippen LogP contribution in [0.15, 0.2) is 18.2 Å². The van der Waals surface area contributed by atoms with Crippen LogP contribution in [0.2, 0.25) is 0 Å². The van der Waals surface area contributed by atoms with Gasteiger partial charge in [-0.15, -0.1) is 0 Å². The van der Waals surface area contributed by atoms with Crippen molar-refractivity contribution in [3.05, 3.63) is 34.9 Å². The lowest BCUT2D eigenvalue weighted by molar-refractivity contribution is -0.150. The predicted molar refractivity (Wildman–Crippen MR) is 80.6 cm³/mol. The predicted octanol–water partition coefficient (Wildman–Crippen LogP) is 3.08. The first kappa shape index (κ1) is 15.0. The number of rotatable bonds is 4. The van der Waals surface area contributed by atoms with Gasteiger partial charge < -0.3 is 4.74 Å². The summed E-state index contributed by atoms with van der Waals surface area (Å²) in [5, 5.41) is 0. The van der Waals surface area contributed by atoms with Gasteiger partial charge in [-0.25, -0.2) is 0 Å². The van der Waals surface area contributed by atoms with E-state index in [9.17, 15) is 4.79 Å². The van der Waals surface area contributed by atoms with E-state index in [0.717, 1.165) is 32.5 Å². The minimum Gasteiger partial charge on any atom is -0.466 e. The van der Waals surface area contributed by atoms with Gasteiger partial charge >= 0.3 is 5.97 Å². The van der Waals surface area contributed by atoms with Gasteiger partial charge in [0.15, 0.2) is 0 Å². The van der Waals surface area contributed by atoms with Crippen LogP contribution in [0.1, 0.15) is 36.5 Å². The van der Waals surface area contributed by atoms with Crippen molar-refractivity contribution in [1.82, 2.24) is 4.90 Å². The van der Waals surface area contributed by atoms with Crippen LogP contribution in [0.3, 0.4) is 0 Å². The van der Waals surface area contributed by atoms with Gasteiger partial charge in [-0.3, -0.25) is 9.69 Å². The number of hydrogen-bond donors (Lipinski definition) is 0. The number of likely N-dealkylation sites (tertiary alicyclic amines) is 1. The molecule has 1 saturated heterocycles. The number of esters is 1. The number of benzene rings is 1. The van der Waals surface area contributed by atoms with E-state index >= 15 is 0 Å². The highest BCUT2D eigenvalue weighted by atomic mass is 16.5. The van der Waals surface area contributed by atoms with Gasteiger partial charge in [0, 0.05) is 13.1 Å². The molecular weight excluding hydrogens is 250 g/mol. The molecule has 3 heteroatoms. The minimum atomic E-state index is -0.0300. The largest absolute Gasteiger partial charge is 0.466 e. The Kier molecular flexibility index (Phi) is 5.18. The summed E-state index contributed by atoms with van der Waals surface area (Å²) in [7, 11) is 0. The molecule has 0 radical (unpaired) electrons. The average Bonchev–Trinajstić information content (AvgIpc) is 2.38. The topological polar surface area (TPSA) is 29.5 Å². The van der Waals surface area contributed by atoms with Gasteiger partial charge in [0.25, 0.3) is 0 Å². The van der Waals surface area contributed by atoms with Gasteiger partial charge in [0.1, 0.15) is 0 Å². The van der Waals surface area contributed by atoms with Crippen LogP contribution in [0.25, 0.3) is 0 Å². The summed E-state index contributed by atoms with van der Waals surface area (Å²) in [4.78, 5) is 14.2. The third-order valence-corrected chi connectivity index (χ3v) is 3.81. The molecule has 0 bridgehead atoms. The lowest BCUT2D eigenvalue weighted by Gasteiger charge is -2.31. The molecule has 1 atom stereocenters. The molecule has 1 fully saturated rings. The summed E-state index contributed by atoms with van der Waals surface area (Å²) in [6.45, 7) is 9.44. The van der Waals surface area contributed by atoms with Crippen LogP contribution in [-0.4, -0.2) is 30.6 Å². The summed E-state index contributed by atoms with van der Waals surface area (Å²) in [6.07, 6.45) is 2.04. The molecule has 3 nitrogen and oxygen atoms in total. The molecular formula is C17H25NO2. The van der Waals surface area contributed by atoms with E-state index in [4.69, 9.17) is 4.74 Å². The van der Waals surface area contributed by atoms with E-state index in [1.54, 1.807) is 0 Å². The molecule has 1 aliphatic rings. The molecule has 1 unspecified atom stereocenters. The molecule has 0 spiro atoms. The maximum Gasteiger partial charge on any atom is 0.310 e. The van der Waals surface area contributed by atoms with E-state index in [-0.39, 0.29) is 11.9 Å². The second kappa shape index (κ2) is 6.89. The van der Waals surface area contributed by atoms with Crippen molar-refractivity contribution in [2.24, 2.45) is 5.92 Å². The Morgan fingerprint density at radius 2 is 2.00 bits per heavy atom. The molecule has 0 amide bonds. The molecule has 2 rings (SSSR count). The second-order valence-electron chi connectivity index (χ2n) is 5.82. The van der Waals surface area contributed by atoms with Crippen LogP contribution in [-0.2, 0) is 16.1 Å². The fourth-order valence-corrected chi connectivity index (χ4v) is 3.07. The molecule has 0 N–H and O–H groups in total. The zero-order chi connectivity index (χ0) is 14.5. The van der Waals surface area contributed by atoms with E-state index < -0.39 is 0 Å². The highest BCUT2D eigenvalue weighted by molar-refractivity contribution is 5.72. The number of ether oxygens (including phenoxy) is 1. The SMILES string of the molecule is CCOC(=O)C1CCCN(Cc2cc(C)cc(C)c2)C1. The Labute approximate surface area is 121 Å². The fraction of sp³-hybridized carbons (Fsp3) is 0.588. The van der Waals surface area contributed by atoms with Gasteiger partial charge in [-0.05, 0) is 45.7 Å². The van der Waals surface area contributed by atoms with Crippen LogP contribution in [0.5, 0.6) is 0 Å². The average molecular weight is 275 g/mol. The monoisotopic (exact) mass is 275 g/mol. The van der Waals surface area contributed by atoms with Crippen molar-refractivity contribution in [3.63, 3.8) is 0 Å². The first-order valence-electron chi connectivity index (χ1n) is 7.54. The number of nitrogens with zero attached hydrogens (tertiary/aromatic N) is 1. The first-order valence-corrected chi connectivity index (χ1v) is 7.54. The van der Waals surface area contributed by atoms with Crippen LogP contribution in [0.4, 0.5) is 0 Å². The Bertz CT molecular complexity index is 450. The van der Waals surface area contributed by atoms with E-state index in [1.165, 1.54) is 16.7 Å². The van der Waals surface area contributed by atoms with E-state index in [1.807, 2.05) is 6.92 Å². The summed E-state index contributed by atoms with van der Waals surface area (Å²) in [5.74, 6) is 0.0206. The summed E-state index contributed by atoms with van der Waals surface area (Å²) < 4.78 is 5.15. The molecule has 1 aliphatic heterocycles. The van der Waals surface area contributed by atoms with Crippen molar-refractivity contribution < 1.29 is 9.53 Å². The lowest BCUT2D eigenvalue weighted by atomic mass is 9.97. The molecule has 20 heavy (non-hydrogen) atoms. The maximum absolute atomic E-state index is 11.9. The van der Waals surface area contributed by atoms with Crippen molar-refractivity contribution in [2.75, 3.05) is 19.7 Å². The van der Waals surface area contributed by atoms with E-state index in [0.29, 0.717) is 6.61 Å². The van der Waals surface area contributed by atoms with Crippen molar-refractivity contribution in [1.29, 1.82) is 0 Å².